The van der Waals surface area contributed by atoms with Crippen molar-refractivity contribution in [2.24, 2.45) is 5.92 Å². The average molecular weight is 263 g/mol. The van der Waals surface area contributed by atoms with Gasteiger partial charge in [-0.05, 0) is 12.3 Å². The van der Waals surface area contributed by atoms with Gasteiger partial charge in [0.15, 0.2) is 0 Å². The number of carbonyl (C=O) groups is 2. The van der Waals surface area contributed by atoms with E-state index < -0.39 is 0 Å². The van der Waals surface area contributed by atoms with Crippen LogP contribution >= 0.6 is 11.6 Å². The second kappa shape index (κ2) is 6.81. The van der Waals surface area contributed by atoms with Gasteiger partial charge in [0.2, 0.25) is 5.91 Å². The Hall–Kier alpha value is -0.810. The third kappa shape index (κ3) is 4.16. The number of amides is 3. The molecule has 2 atom stereocenters. The van der Waals surface area contributed by atoms with Gasteiger partial charge in [0.1, 0.15) is 0 Å². The van der Waals surface area contributed by atoms with Crippen molar-refractivity contribution in [1.82, 2.24) is 10.2 Å². The Bertz CT molecular complexity index is 286. The highest BCUT2D eigenvalue weighted by molar-refractivity contribution is 6.19. The van der Waals surface area contributed by atoms with Crippen molar-refractivity contribution in [2.45, 2.75) is 25.9 Å². The van der Waals surface area contributed by atoms with Gasteiger partial charge in [-0.15, -0.1) is 11.6 Å². The standard InChI is InChI=1S/C11H19ClN2O3/c1-8-4-6-14(7-9(8)17-2)11(16)13-10(15)3-5-12/h8-9H,3-7H2,1-2H3,(H,13,15,16). The van der Waals surface area contributed by atoms with Crippen molar-refractivity contribution >= 4 is 23.5 Å². The Morgan fingerprint density at radius 1 is 1.53 bits per heavy atom. The van der Waals surface area contributed by atoms with Crippen molar-refractivity contribution in [3.05, 3.63) is 0 Å². The number of hydrogen-bond acceptors (Lipinski definition) is 3. The van der Waals surface area contributed by atoms with Gasteiger partial charge in [-0.25, -0.2) is 4.79 Å². The first-order valence-electron chi connectivity index (χ1n) is 5.76. The van der Waals surface area contributed by atoms with E-state index in [0.717, 1.165) is 6.42 Å². The van der Waals surface area contributed by atoms with E-state index in [1.54, 1.807) is 12.0 Å². The monoisotopic (exact) mass is 262 g/mol. The Kier molecular flexibility index (Phi) is 5.71. The fraction of sp³-hybridized carbons (Fsp3) is 0.818. The molecule has 0 aliphatic carbocycles. The molecule has 1 N–H and O–H groups in total. The van der Waals surface area contributed by atoms with E-state index in [0.29, 0.717) is 19.0 Å². The Balaban J connectivity index is 2.44. The highest BCUT2D eigenvalue weighted by Gasteiger charge is 2.29. The first-order chi connectivity index (χ1) is 8.08. The predicted octanol–water partition coefficient (Wildman–Crippen LogP) is 1.21. The van der Waals surface area contributed by atoms with Crippen LogP contribution in [0.5, 0.6) is 0 Å². The molecule has 1 saturated heterocycles. The minimum absolute atomic E-state index is 0.0395. The Labute approximate surface area is 106 Å². The van der Waals surface area contributed by atoms with Crippen molar-refractivity contribution in [3.8, 4) is 0 Å². The van der Waals surface area contributed by atoms with E-state index in [4.69, 9.17) is 16.3 Å². The number of halogens is 1. The SMILES string of the molecule is COC1CN(C(=O)NC(=O)CCCl)CCC1C. The molecule has 0 saturated carbocycles. The fourth-order valence-electron chi connectivity index (χ4n) is 1.87. The maximum atomic E-state index is 11.7. The van der Waals surface area contributed by atoms with Crippen molar-refractivity contribution in [2.75, 3.05) is 26.1 Å². The molecule has 5 nitrogen and oxygen atoms in total. The van der Waals surface area contributed by atoms with Crippen molar-refractivity contribution in [1.29, 1.82) is 0 Å². The van der Waals surface area contributed by atoms with E-state index in [-0.39, 0.29) is 30.3 Å². The minimum Gasteiger partial charge on any atom is -0.379 e. The summed E-state index contributed by atoms with van der Waals surface area (Å²) >= 11 is 5.42. The molecule has 0 aromatic carbocycles. The van der Waals surface area contributed by atoms with E-state index in [2.05, 4.69) is 12.2 Å². The van der Waals surface area contributed by atoms with Gasteiger partial charge in [0.05, 0.1) is 6.10 Å². The van der Waals surface area contributed by atoms with Crippen LogP contribution in [0, 0.1) is 5.92 Å². The number of likely N-dealkylation sites (tertiary alicyclic amines) is 1. The zero-order valence-electron chi connectivity index (χ0n) is 10.2. The Morgan fingerprint density at radius 2 is 2.24 bits per heavy atom. The summed E-state index contributed by atoms with van der Waals surface area (Å²) in [6.45, 7) is 3.28. The van der Waals surface area contributed by atoms with Crippen LogP contribution in [0.3, 0.4) is 0 Å². The molecular formula is C11H19ClN2O3. The van der Waals surface area contributed by atoms with Gasteiger partial charge in [-0.3, -0.25) is 10.1 Å². The van der Waals surface area contributed by atoms with Crippen molar-refractivity contribution < 1.29 is 14.3 Å². The number of methoxy groups -OCH3 is 1. The summed E-state index contributed by atoms with van der Waals surface area (Å²) in [6, 6.07) is -0.353. The summed E-state index contributed by atoms with van der Waals surface area (Å²) in [5, 5.41) is 2.32. The minimum atomic E-state index is -0.353. The largest absolute Gasteiger partial charge is 0.379 e. The third-order valence-corrected chi connectivity index (χ3v) is 3.24. The lowest BCUT2D eigenvalue weighted by molar-refractivity contribution is -0.119. The van der Waals surface area contributed by atoms with Crippen LogP contribution in [-0.2, 0) is 9.53 Å². The predicted molar refractivity (Wildman–Crippen MR) is 65.0 cm³/mol. The molecule has 0 aromatic heterocycles. The molecular weight excluding hydrogens is 244 g/mol. The van der Waals surface area contributed by atoms with Gasteiger partial charge in [0.25, 0.3) is 0 Å². The molecule has 6 heteroatoms. The fourth-order valence-corrected chi connectivity index (χ4v) is 2.04. The van der Waals surface area contributed by atoms with Gasteiger partial charge >= 0.3 is 6.03 Å². The van der Waals surface area contributed by atoms with Crippen LogP contribution in [0.4, 0.5) is 4.79 Å². The third-order valence-electron chi connectivity index (χ3n) is 3.05. The number of rotatable bonds is 3. The number of nitrogens with zero attached hydrogens (tertiary/aromatic N) is 1. The number of urea groups is 1. The Morgan fingerprint density at radius 3 is 2.82 bits per heavy atom. The molecule has 1 rings (SSSR count). The number of ether oxygens (including phenoxy) is 1. The molecule has 0 radical (unpaired) electrons. The molecule has 0 aromatic rings. The number of piperidine rings is 1. The molecule has 1 fully saturated rings. The van der Waals surface area contributed by atoms with E-state index >= 15 is 0 Å². The maximum Gasteiger partial charge on any atom is 0.324 e. The first kappa shape index (κ1) is 14.3. The van der Waals surface area contributed by atoms with Crippen LogP contribution in [-0.4, -0.2) is 49.0 Å². The van der Waals surface area contributed by atoms with Crippen molar-refractivity contribution in [3.63, 3.8) is 0 Å². The van der Waals surface area contributed by atoms with E-state index in [1.807, 2.05) is 0 Å². The molecule has 1 heterocycles. The van der Waals surface area contributed by atoms with Crippen LogP contribution in [0.25, 0.3) is 0 Å². The lowest BCUT2D eigenvalue weighted by Crippen LogP contribution is -2.51. The quantitative estimate of drug-likeness (QED) is 0.778. The van der Waals surface area contributed by atoms with Crippen LogP contribution < -0.4 is 5.32 Å². The number of carbonyl (C=O) groups excluding carboxylic acids is 2. The number of nitrogens with one attached hydrogen (secondary N) is 1. The zero-order chi connectivity index (χ0) is 12.8. The second-order valence-corrected chi connectivity index (χ2v) is 4.66. The summed E-state index contributed by atoms with van der Waals surface area (Å²) in [6.07, 6.45) is 1.08. The van der Waals surface area contributed by atoms with Crippen LogP contribution in [0.15, 0.2) is 0 Å². The average Bonchev–Trinajstić information content (AvgIpc) is 2.29. The number of imide groups is 1. The highest BCUT2D eigenvalue weighted by Crippen LogP contribution is 2.19. The lowest BCUT2D eigenvalue weighted by atomic mass is 9.96. The summed E-state index contributed by atoms with van der Waals surface area (Å²) in [4.78, 5) is 24.6. The second-order valence-electron chi connectivity index (χ2n) is 4.28. The molecule has 1 aliphatic heterocycles. The first-order valence-corrected chi connectivity index (χ1v) is 6.29. The zero-order valence-corrected chi connectivity index (χ0v) is 11.0. The van der Waals surface area contributed by atoms with Gasteiger partial charge in [-0.1, -0.05) is 6.92 Å². The van der Waals surface area contributed by atoms with Gasteiger partial charge in [0, 0.05) is 32.5 Å². The molecule has 0 spiro atoms. The molecule has 2 unspecified atom stereocenters. The smallest absolute Gasteiger partial charge is 0.324 e. The highest BCUT2D eigenvalue weighted by atomic mass is 35.5. The summed E-state index contributed by atoms with van der Waals surface area (Å²) in [7, 11) is 1.64. The maximum absolute atomic E-state index is 11.7. The van der Waals surface area contributed by atoms with Crippen LogP contribution in [0.1, 0.15) is 19.8 Å². The lowest BCUT2D eigenvalue weighted by Gasteiger charge is -2.35. The topological polar surface area (TPSA) is 58.6 Å². The molecule has 0 bridgehead atoms. The number of alkyl halides is 1. The summed E-state index contributed by atoms with van der Waals surface area (Å²) < 4.78 is 5.31. The molecule has 98 valence electrons. The van der Waals surface area contributed by atoms with Crippen LogP contribution in [0.2, 0.25) is 0 Å². The van der Waals surface area contributed by atoms with E-state index in [9.17, 15) is 9.59 Å². The molecule has 17 heavy (non-hydrogen) atoms. The van der Waals surface area contributed by atoms with Gasteiger partial charge in [-0.2, -0.15) is 0 Å². The number of hydrogen-bond donors (Lipinski definition) is 1. The van der Waals surface area contributed by atoms with Gasteiger partial charge < -0.3 is 9.64 Å². The van der Waals surface area contributed by atoms with E-state index in [1.165, 1.54) is 0 Å². The molecule has 3 amide bonds. The summed E-state index contributed by atoms with van der Waals surface area (Å²) in [5.74, 6) is 0.316. The summed E-state index contributed by atoms with van der Waals surface area (Å²) in [5.41, 5.74) is 0. The molecule has 1 aliphatic rings. The normalized spacial score (nSPS) is 24.5.